The van der Waals surface area contributed by atoms with Crippen LogP contribution in [0.2, 0.25) is 0 Å². The van der Waals surface area contributed by atoms with E-state index in [0.29, 0.717) is 0 Å². The number of aliphatic carboxylic acids is 1. The highest BCUT2D eigenvalue weighted by Gasteiger charge is 2.29. The molecule has 0 aromatic heterocycles. The lowest BCUT2D eigenvalue weighted by atomic mass is 9.98. The second-order valence-electron chi connectivity index (χ2n) is 6.76. The Bertz CT molecular complexity index is 866. The van der Waals surface area contributed by atoms with Gasteiger partial charge in [0.2, 0.25) is 5.91 Å². The van der Waals surface area contributed by atoms with Crippen molar-refractivity contribution in [1.29, 1.82) is 0 Å². The van der Waals surface area contributed by atoms with Gasteiger partial charge in [-0.1, -0.05) is 48.5 Å². The van der Waals surface area contributed by atoms with Crippen LogP contribution < -0.4 is 10.6 Å². The summed E-state index contributed by atoms with van der Waals surface area (Å²) in [4.78, 5) is 34.9. The van der Waals surface area contributed by atoms with Gasteiger partial charge in [0.25, 0.3) is 0 Å². The molecule has 2 aromatic rings. The average Bonchev–Trinajstić information content (AvgIpc) is 3.00. The number of ether oxygens (including phenoxy) is 1. The first-order chi connectivity index (χ1) is 13.4. The molecule has 7 heteroatoms. The van der Waals surface area contributed by atoms with Gasteiger partial charge in [0, 0.05) is 5.92 Å². The molecule has 0 fully saturated rings. The number of hydrogen-bond donors (Lipinski definition) is 3. The second-order valence-corrected chi connectivity index (χ2v) is 6.76. The number of carbonyl (C=O) groups excluding carboxylic acids is 2. The van der Waals surface area contributed by atoms with Gasteiger partial charge in [-0.05, 0) is 36.1 Å². The van der Waals surface area contributed by atoms with E-state index in [0.717, 1.165) is 22.3 Å². The summed E-state index contributed by atoms with van der Waals surface area (Å²) in [6.07, 6.45) is -0.729. The molecule has 146 valence electrons. The predicted molar refractivity (Wildman–Crippen MR) is 103 cm³/mol. The van der Waals surface area contributed by atoms with Gasteiger partial charge < -0.3 is 20.5 Å². The van der Waals surface area contributed by atoms with E-state index in [2.05, 4.69) is 10.6 Å². The highest BCUT2D eigenvalue weighted by molar-refractivity contribution is 5.88. The Balaban J connectivity index is 1.61. The van der Waals surface area contributed by atoms with E-state index in [-0.39, 0.29) is 12.5 Å². The number of rotatable bonds is 6. The SMILES string of the molecule is C[C@H](NC(=O)OCC1c2ccccc2-c2ccccc21)C(=O)N[C@H](C)C(=O)O. The van der Waals surface area contributed by atoms with Crippen molar-refractivity contribution >= 4 is 18.0 Å². The predicted octanol–water partition coefficient (Wildman–Crippen LogP) is 2.50. The van der Waals surface area contributed by atoms with Crippen LogP contribution in [0.1, 0.15) is 30.9 Å². The third kappa shape index (κ3) is 3.98. The lowest BCUT2D eigenvalue weighted by Gasteiger charge is -2.18. The fraction of sp³-hybridized carbons (Fsp3) is 0.286. The minimum absolute atomic E-state index is 0.0747. The quantitative estimate of drug-likeness (QED) is 0.712. The molecule has 0 spiro atoms. The minimum atomic E-state index is -1.15. The maximum Gasteiger partial charge on any atom is 0.407 e. The van der Waals surface area contributed by atoms with Crippen molar-refractivity contribution in [2.75, 3.05) is 6.61 Å². The molecule has 0 aliphatic heterocycles. The van der Waals surface area contributed by atoms with Gasteiger partial charge in [0.1, 0.15) is 18.7 Å². The van der Waals surface area contributed by atoms with E-state index in [1.54, 1.807) is 0 Å². The van der Waals surface area contributed by atoms with Crippen molar-refractivity contribution in [3.63, 3.8) is 0 Å². The zero-order chi connectivity index (χ0) is 20.3. The molecule has 3 N–H and O–H groups in total. The minimum Gasteiger partial charge on any atom is -0.480 e. The Morgan fingerprint density at radius 2 is 1.46 bits per heavy atom. The molecule has 0 saturated carbocycles. The number of nitrogens with one attached hydrogen (secondary N) is 2. The van der Waals surface area contributed by atoms with Crippen molar-refractivity contribution in [1.82, 2.24) is 10.6 Å². The Morgan fingerprint density at radius 3 is 2.00 bits per heavy atom. The first-order valence-electron chi connectivity index (χ1n) is 9.03. The standard InChI is InChI=1S/C21H22N2O5/c1-12(19(24)22-13(2)20(25)26)23-21(27)28-11-18-16-9-5-3-7-14(16)15-8-4-6-10-17(15)18/h3-10,12-13,18H,11H2,1-2H3,(H,22,24)(H,23,27)(H,25,26)/t12-,13+/m0/s1. The van der Waals surface area contributed by atoms with Crippen molar-refractivity contribution in [3.05, 3.63) is 59.7 Å². The number of hydrogen-bond acceptors (Lipinski definition) is 4. The molecule has 3 rings (SSSR count). The Hall–Kier alpha value is -3.35. The fourth-order valence-corrected chi connectivity index (χ4v) is 3.28. The molecule has 0 heterocycles. The van der Waals surface area contributed by atoms with Gasteiger partial charge in [-0.15, -0.1) is 0 Å². The van der Waals surface area contributed by atoms with E-state index in [4.69, 9.17) is 9.84 Å². The molecule has 0 saturated heterocycles. The molecule has 2 amide bonds. The Kier molecular flexibility index (Phi) is 5.63. The lowest BCUT2D eigenvalue weighted by molar-refractivity contribution is -0.141. The highest BCUT2D eigenvalue weighted by Crippen LogP contribution is 2.44. The summed E-state index contributed by atoms with van der Waals surface area (Å²) in [5.74, 6) is -1.82. The number of benzene rings is 2. The Morgan fingerprint density at radius 1 is 0.929 bits per heavy atom. The number of fused-ring (bicyclic) bond motifs is 3. The summed E-state index contributed by atoms with van der Waals surface area (Å²) < 4.78 is 5.37. The zero-order valence-corrected chi connectivity index (χ0v) is 15.6. The molecule has 0 radical (unpaired) electrons. The lowest BCUT2D eigenvalue weighted by Crippen LogP contribution is -2.49. The number of alkyl carbamates (subject to hydrolysis) is 1. The molecule has 2 aromatic carbocycles. The summed E-state index contributed by atoms with van der Waals surface area (Å²) in [7, 11) is 0. The molecular formula is C21H22N2O5. The number of carboxylic acid groups (broad SMARTS) is 1. The maximum atomic E-state index is 12.1. The molecule has 1 aliphatic rings. The second kappa shape index (κ2) is 8.12. The fourth-order valence-electron chi connectivity index (χ4n) is 3.28. The van der Waals surface area contributed by atoms with Gasteiger partial charge in [0.15, 0.2) is 0 Å². The van der Waals surface area contributed by atoms with Crippen LogP contribution in [0.5, 0.6) is 0 Å². The summed E-state index contributed by atoms with van der Waals surface area (Å²) >= 11 is 0. The van der Waals surface area contributed by atoms with Gasteiger partial charge in [-0.2, -0.15) is 0 Å². The van der Waals surface area contributed by atoms with Crippen molar-refractivity contribution < 1.29 is 24.2 Å². The van der Waals surface area contributed by atoms with E-state index in [9.17, 15) is 14.4 Å². The van der Waals surface area contributed by atoms with Gasteiger partial charge in [0.05, 0.1) is 0 Å². The smallest absolute Gasteiger partial charge is 0.407 e. The molecule has 2 atom stereocenters. The molecule has 28 heavy (non-hydrogen) atoms. The number of amides is 2. The van der Waals surface area contributed by atoms with Crippen LogP contribution in [0.25, 0.3) is 11.1 Å². The van der Waals surface area contributed by atoms with Crippen molar-refractivity contribution in [2.24, 2.45) is 0 Å². The number of carboxylic acids is 1. The maximum absolute atomic E-state index is 12.1. The van der Waals surface area contributed by atoms with E-state index in [1.165, 1.54) is 13.8 Å². The van der Waals surface area contributed by atoms with Crippen molar-refractivity contribution in [2.45, 2.75) is 31.8 Å². The van der Waals surface area contributed by atoms with E-state index in [1.807, 2.05) is 48.5 Å². The first-order valence-corrected chi connectivity index (χ1v) is 9.03. The molecule has 1 aliphatic carbocycles. The van der Waals surface area contributed by atoms with Crippen LogP contribution in [-0.4, -0.2) is 41.8 Å². The van der Waals surface area contributed by atoms with Crippen LogP contribution in [0, 0.1) is 0 Å². The van der Waals surface area contributed by atoms with Crippen molar-refractivity contribution in [3.8, 4) is 11.1 Å². The highest BCUT2D eigenvalue weighted by atomic mass is 16.5. The normalized spacial score (nSPS) is 14.4. The van der Waals surface area contributed by atoms with Crippen LogP contribution in [-0.2, 0) is 14.3 Å². The van der Waals surface area contributed by atoms with Gasteiger partial charge in [-0.25, -0.2) is 4.79 Å². The molecular weight excluding hydrogens is 360 g/mol. The first kappa shape index (κ1) is 19.4. The van der Waals surface area contributed by atoms with Crippen LogP contribution in [0.4, 0.5) is 4.79 Å². The summed E-state index contributed by atoms with van der Waals surface area (Å²) in [5.41, 5.74) is 4.44. The van der Waals surface area contributed by atoms with Crippen LogP contribution >= 0.6 is 0 Å². The number of carbonyl (C=O) groups is 3. The Labute approximate surface area is 162 Å². The van der Waals surface area contributed by atoms with E-state index < -0.39 is 30.1 Å². The van der Waals surface area contributed by atoms with Crippen LogP contribution in [0.3, 0.4) is 0 Å². The van der Waals surface area contributed by atoms with E-state index >= 15 is 0 Å². The summed E-state index contributed by atoms with van der Waals surface area (Å²) in [5, 5.41) is 13.6. The van der Waals surface area contributed by atoms with Gasteiger partial charge in [-0.3, -0.25) is 9.59 Å². The largest absolute Gasteiger partial charge is 0.480 e. The third-order valence-electron chi connectivity index (χ3n) is 4.80. The molecule has 0 bridgehead atoms. The zero-order valence-electron chi connectivity index (χ0n) is 15.6. The third-order valence-corrected chi connectivity index (χ3v) is 4.80. The molecule has 7 nitrogen and oxygen atoms in total. The topological polar surface area (TPSA) is 105 Å². The average molecular weight is 382 g/mol. The van der Waals surface area contributed by atoms with Crippen LogP contribution in [0.15, 0.2) is 48.5 Å². The summed E-state index contributed by atoms with van der Waals surface area (Å²) in [6, 6.07) is 14.0. The monoisotopic (exact) mass is 382 g/mol. The summed E-state index contributed by atoms with van der Waals surface area (Å²) in [6.45, 7) is 2.95. The molecule has 0 unspecified atom stereocenters. The van der Waals surface area contributed by atoms with Gasteiger partial charge >= 0.3 is 12.1 Å².